The van der Waals surface area contributed by atoms with Crippen molar-refractivity contribution in [3.05, 3.63) is 12.4 Å². The van der Waals surface area contributed by atoms with E-state index in [0.29, 0.717) is 0 Å². The number of hydrogen-bond acceptors (Lipinski definition) is 4. The van der Waals surface area contributed by atoms with Gasteiger partial charge in [0.2, 0.25) is 0 Å². The van der Waals surface area contributed by atoms with Gasteiger partial charge in [-0.2, -0.15) is 0 Å². The summed E-state index contributed by atoms with van der Waals surface area (Å²) in [6.45, 7) is 9.38. The largest absolute Gasteiger partial charge is 0.370 e. The zero-order valence-corrected chi connectivity index (χ0v) is 9.96. The summed E-state index contributed by atoms with van der Waals surface area (Å²) < 4.78 is 0. The maximum atomic E-state index is 4.19. The maximum Gasteiger partial charge on any atom is 0.131 e. The highest BCUT2D eigenvalue weighted by atomic mass is 15.1. The second-order valence-electron chi connectivity index (χ2n) is 4.18. The van der Waals surface area contributed by atoms with Gasteiger partial charge in [0, 0.05) is 18.2 Å². The van der Waals surface area contributed by atoms with E-state index in [-0.39, 0.29) is 5.54 Å². The maximum absolute atomic E-state index is 4.19. The van der Waals surface area contributed by atoms with E-state index < -0.39 is 0 Å². The van der Waals surface area contributed by atoms with E-state index >= 15 is 0 Å². The summed E-state index contributed by atoms with van der Waals surface area (Å²) in [5.74, 6) is 1.73. The Bertz CT molecular complexity index is 309. The molecule has 0 saturated heterocycles. The van der Waals surface area contributed by atoms with Crippen molar-refractivity contribution in [2.75, 3.05) is 17.2 Å². The molecular formula is C11H20N4. The molecule has 0 saturated carbocycles. The van der Waals surface area contributed by atoms with Crippen molar-refractivity contribution in [1.82, 2.24) is 9.97 Å². The highest BCUT2D eigenvalue weighted by Gasteiger charge is 2.14. The summed E-state index contributed by atoms with van der Waals surface area (Å²) in [7, 11) is 0. The van der Waals surface area contributed by atoms with Gasteiger partial charge in [-0.15, -0.1) is 0 Å². The molecule has 4 nitrogen and oxygen atoms in total. The third-order valence-electron chi connectivity index (χ3n) is 2.38. The van der Waals surface area contributed by atoms with Crippen LogP contribution in [0.3, 0.4) is 0 Å². The first-order valence-corrected chi connectivity index (χ1v) is 5.41. The molecule has 4 heteroatoms. The summed E-state index contributed by atoms with van der Waals surface area (Å²) in [6, 6.07) is 1.93. The molecule has 0 amide bonds. The minimum atomic E-state index is 0.0673. The van der Waals surface area contributed by atoms with Crippen LogP contribution in [0.1, 0.15) is 34.1 Å². The number of aromatic nitrogens is 2. The topological polar surface area (TPSA) is 49.8 Å². The Kier molecular flexibility index (Phi) is 3.88. The predicted molar refractivity (Wildman–Crippen MR) is 64.2 cm³/mol. The number of hydrogen-bond donors (Lipinski definition) is 2. The van der Waals surface area contributed by atoms with E-state index in [9.17, 15) is 0 Å². The second-order valence-corrected chi connectivity index (χ2v) is 4.18. The Balaban J connectivity index is 2.73. The van der Waals surface area contributed by atoms with Crippen LogP contribution >= 0.6 is 0 Å². The van der Waals surface area contributed by atoms with Crippen molar-refractivity contribution < 1.29 is 0 Å². The zero-order valence-electron chi connectivity index (χ0n) is 9.96. The lowest BCUT2D eigenvalue weighted by molar-refractivity contribution is 0.545. The van der Waals surface area contributed by atoms with Crippen molar-refractivity contribution in [2.24, 2.45) is 0 Å². The monoisotopic (exact) mass is 208 g/mol. The van der Waals surface area contributed by atoms with Gasteiger partial charge in [0.05, 0.1) is 0 Å². The average molecular weight is 208 g/mol. The Labute approximate surface area is 91.5 Å². The van der Waals surface area contributed by atoms with E-state index in [1.54, 1.807) is 6.33 Å². The van der Waals surface area contributed by atoms with Gasteiger partial charge in [0.25, 0.3) is 0 Å². The first-order valence-electron chi connectivity index (χ1n) is 5.41. The fourth-order valence-corrected chi connectivity index (χ4v) is 1.14. The molecule has 1 aromatic heterocycles. The average Bonchev–Trinajstić information content (AvgIpc) is 2.18. The molecule has 0 aromatic carbocycles. The number of nitrogens with zero attached hydrogens (tertiary/aromatic N) is 2. The lowest BCUT2D eigenvalue weighted by atomic mass is 10.0. The van der Waals surface area contributed by atoms with Gasteiger partial charge in [-0.3, -0.25) is 0 Å². The lowest BCUT2D eigenvalue weighted by Crippen LogP contribution is -2.30. The number of nitrogens with one attached hydrogen (secondary N) is 2. The Morgan fingerprint density at radius 2 is 1.87 bits per heavy atom. The first-order chi connectivity index (χ1) is 7.07. The molecule has 2 N–H and O–H groups in total. The van der Waals surface area contributed by atoms with Crippen LogP contribution < -0.4 is 10.6 Å². The molecule has 1 rings (SSSR count). The van der Waals surface area contributed by atoms with E-state index in [1.807, 2.05) is 13.0 Å². The fourth-order valence-electron chi connectivity index (χ4n) is 1.14. The first kappa shape index (κ1) is 11.8. The highest BCUT2D eigenvalue weighted by Crippen LogP contribution is 2.17. The quantitative estimate of drug-likeness (QED) is 0.780. The molecule has 15 heavy (non-hydrogen) atoms. The zero-order chi connectivity index (χ0) is 11.3. The number of anilines is 2. The molecule has 0 aliphatic heterocycles. The van der Waals surface area contributed by atoms with Crippen LogP contribution in [-0.2, 0) is 0 Å². The van der Waals surface area contributed by atoms with E-state index in [4.69, 9.17) is 0 Å². The van der Waals surface area contributed by atoms with Crippen LogP contribution in [0.15, 0.2) is 12.4 Å². The van der Waals surface area contributed by atoms with E-state index in [2.05, 4.69) is 41.4 Å². The van der Waals surface area contributed by atoms with Crippen LogP contribution in [0.4, 0.5) is 11.6 Å². The van der Waals surface area contributed by atoms with Gasteiger partial charge < -0.3 is 10.6 Å². The molecule has 0 aliphatic carbocycles. The summed E-state index contributed by atoms with van der Waals surface area (Å²) in [5, 5.41) is 6.54. The molecule has 84 valence electrons. The molecule has 1 heterocycles. The summed E-state index contributed by atoms with van der Waals surface area (Å²) in [4.78, 5) is 8.32. The van der Waals surface area contributed by atoms with Crippen LogP contribution in [-0.4, -0.2) is 22.1 Å². The smallest absolute Gasteiger partial charge is 0.131 e. The molecule has 0 spiro atoms. The molecule has 1 aromatic rings. The summed E-state index contributed by atoms with van der Waals surface area (Å²) in [6.07, 6.45) is 2.62. The third-order valence-corrected chi connectivity index (χ3v) is 2.38. The van der Waals surface area contributed by atoms with Crippen molar-refractivity contribution in [3.63, 3.8) is 0 Å². The Morgan fingerprint density at radius 1 is 1.20 bits per heavy atom. The van der Waals surface area contributed by atoms with Crippen LogP contribution in [0, 0.1) is 0 Å². The number of rotatable bonds is 5. The van der Waals surface area contributed by atoms with E-state index in [1.165, 1.54) is 0 Å². The van der Waals surface area contributed by atoms with Crippen LogP contribution in [0.5, 0.6) is 0 Å². The molecular weight excluding hydrogens is 188 g/mol. The Morgan fingerprint density at radius 3 is 2.47 bits per heavy atom. The van der Waals surface area contributed by atoms with Gasteiger partial charge >= 0.3 is 0 Å². The van der Waals surface area contributed by atoms with Gasteiger partial charge in [0.1, 0.15) is 18.0 Å². The van der Waals surface area contributed by atoms with Gasteiger partial charge in [0.15, 0.2) is 0 Å². The van der Waals surface area contributed by atoms with Crippen molar-refractivity contribution >= 4 is 11.6 Å². The Hall–Kier alpha value is -1.32. The lowest BCUT2D eigenvalue weighted by Gasteiger charge is -2.25. The molecule has 0 bridgehead atoms. The molecule has 0 fully saturated rings. The third kappa shape index (κ3) is 3.73. The van der Waals surface area contributed by atoms with Crippen LogP contribution in [0.2, 0.25) is 0 Å². The van der Waals surface area contributed by atoms with Gasteiger partial charge in [-0.05, 0) is 27.2 Å². The summed E-state index contributed by atoms with van der Waals surface area (Å²) in [5.41, 5.74) is 0.0673. The molecule has 0 radical (unpaired) electrons. The molecule has 0 unspecified atom stereocenters. The summed E-state index contributed by atoms with van der Waals surface area (Å²) >= 11 is 0. The van der Waals surface area contributed by atoms with Crippen LogP contribution in [0.25, 0.3) is 0 Å². The minimum absolute atomic E-state index is 0.0673. The van der Waals surface area contributed by atoms with Gasteiger partial charge in [-0.25, -0.2) is 9.97 Å². The van der Waals surface area contributed by atoms with Crippen molar-refractivity contribution in [3.8, 4) is 0 Å². The standard InChI is InChI=1S/C11H20N4/c1-5-11(3,4)15-10-7-9(12-6-2)13-8-14-10/h7-8H,5-6H2,1-4H3,(H2,12,13,14,15). The normalized spacial score (nSPS) is 11.2. The SMILES string of the molecule is CCNc1cc(NC(C)(C)CC)ncn1. The second kappa shape index (κ2) is 4.96. The van der Waals surface area contributed by atoms with Gasteiger partial charge in [-0.1, -0.05) is 6.92 Å². The fraction of sp³-hybridized carbons (Fsp3) is 0.636. The minimum Gasteiger partial charge on any atom is -0.370 e. The highest BCUT2D eigenvalue weighted by molar-refractivity contribution is 5.47. The molecule has 0 atom stereocenters. The van der Waals surface area contributed by atoms with E-state index in [0.717, 1.165) is 24.6 Å². The van der Waals surface area contributed by atoms with Crippen molar-refractivity contribution in [2.45, 2.75) is 39.7 Å². The predicted octanol–water partition coefficient (Wildman–Crippen LogP) is 2.51. The van der Waals surface area contributed by atoms with Crippen molar-refractivity contribution in [1.29, 1.82) is 0 Å². The molecule has 0 aliphatic rings.